The number of hydrogen-bond donors (Lipinski definition) is 2. The van der Waals surface area contributed by atoms with Crippen LogP contribution in [0.2, 0.25) is 0 Å². The number of benzene rings is 2. The van der Waals surface area contributed by atoms with E-state index in [9.17, 15) is 9.59 Å². The Morgan fingerprint density at radius 2 is 2.04 bits per heavy atom. The number of thioether (sulfide) groups is 1. The lowest BCUT2D eigenvalue weighted by molar-refractivity contribution is -0.118. The van der Waals surface area contributed by atoms with Gasteiger partial charge in [0.2, 0.25) is 0 Å². The topological polar surface area (TPSA) is 67.4 Å². The smallest absolute Gasteiger partial charge is 0.262 e. The summed E-state index contributed by atoms with van der Waals surface area (Å²) in [5.74, 6) is 0.997. The van der Waals surface area contributed by atoms with Gasteiger partial charge in [0, 0.05) is 22.8 Å². The first kappa shape index (κ1) is 15.4. The molecular formula is C17H16N2O3S. The Kier molecular flexibility index (Phi) is 4.83. The summed E-state index contributed by atoms with van der Waals surface area (Å²) in [5.41, 5.74) is 1.03. The predicted octanol–water partition coefficient (Wildman–Crippen LogP) is 2.54. The zero-order valence-corrected chi connectivity index (χ0v) is 13.2. The van der Waals surface area contributed by atoms with Gasteiger partial charge in [0.05, 0.1) is 5.69 Å². The maximum atomic E-state index is 12.1. The molecule has 0 bridgehead atoms. The molecule has 0 unspecified atom stereocenters. The second-order valence-electron chi connectivity index (χ2n) is 4.97. The minimum Gasteiger partial charge on any atom is -0.482 e. The molecule has 0 spiro atoms. The van der Waals surface area contributed by atoms with E-state index in [2.05, 4.69) is 10.6 Å². The van der Waals surface area contributed by atoms with E-state index in [4.69, 9.17) is 4.74 Å². The average molecular weight is 328 g/mol. The first-order valence-corrected chi connectivity index (χ1v) is 8.24. The number of fused-ring (bicyclic) bond motifs is 1. The number of amides is 2. The molecule has 0 radical (unpaired) electrons. The Balaban J connectivity index is 1.52. The number of rotatable bonds is 5. The quantitative estimate of drug-likeness (QED) is 0.654. The van der Waals surface area contributed by atoms with Crippen LogP contribution in [0.15, 0.2) is 53.4 Å². The van der Waals surface area contributed by atoms with Crippen LogP contribution < -0.4 is 15.4 Å². The van der Waals surface area contributed by atoms with E-state index >= 15 is 0 Å². The molecule has 0 aromatic heterocycles. The van der Waals surface area contributed by atoms with Gasteiger partial charge < -0.3 is 15.4 Å². The third-order valence-corrected chi connectivity index (χ3v) is 4.29. The van der Waals surface area contributed by atoms with Gasteiger partial charge in [-0.2, -0.15) is 0 Å². The maximum absolute atomic E-state index is 12.1. The number of carbonyl (C=O) groups excluding carboxylic acids is 2. The highest BCUT2D eigenvalue weighted by atomic mass is 32.2. The van der Waals surface area contributed by atoms with Crippen LogP contribution in [0.5, 0.6) is 5.75 Å². The molecule has 2 N–H and O–H groups in total. The van der Waals surface area contributed by atoms with Crippen molar-refractivity contribution in [1.82, 2.24) is 5.32 Å². The molecule has 2 aromatic rings. The molecule has 0 aliphatic carbocycles. The first-order chi connectivity index (χ1) is 11.2. The average Bonchev–Trinajstić information content (AvgIpc) is 2.58. The summed E-state index contributed by atoms with van der Waals surface area (Å²) in [5, 5.41) is 5.57. The molecule has 1 heterocycles. The zero-order chi connectivity index (χ0) is 16.1. The van der Waals surface area contributed by atoms with E-state index in [1.165, 1.54) is 4.90 Å². The van der Waals surface area contributed by atoms with Gasteiger partial charge in [0.1, 0.15) is 5.75 Å². The molecule has 2 aromatic carbocycles. The van der Waals surface area contributed by atoms with Crippen molar-refractivity contribution in [2.45, 2.75) is 4.90 Å². The van der Waals surface area contributed by atoms with Crippen molar-refractivity contribution in [1.29, 1.82) is 0 Å². The van der Waals surface area contributed by atoms with Crippen LogP contribution in [0, 0.1) is 0 Å². The van der Waals surface area contributed by atoms with Gasteiger partial charge in [0.25, 0.3) is 11.8 Å². The van der Waals surface area contributed by atoms with Crippen LogP contribution in [0.3, 0.4) is 0 Å². The molecule has 23 heavy (non-hydrogen) atoms. The molecule has 0 fully saturated rings. The molecule has 3 rings (SSSR count). The maximum Gasteiger partial charge on any atom is 0.262 e. The molecule has 0 saturated carbocycles. The zero-order valence-electron chi connectivity index (χ0n) is 12.4. The molecule has 6 heteroatoms. The molecule has 0 saturated heterocycles. The number of nitrogens with one attached hydrogen (secondary N) is 2. The minimum absolute atomic E-state index is 0.00918. The van der Waals surface area contributed by atoms with Crippen molar-refractivity contribution in [2.75, 3.05) is 24.2 Å². The van der Waals surface area contributed by atoms with Crippen molar-refractivity contribution < 1.29 is 14.3 Å². The standard InChI is InChI=1S/C17H16N2O3S/c20-16-11-22-15-7-6-12(10-14(15)19-16)17(21)18-8-9-23-13-4-2-1-3-5-13/h1-7,10H,8-9,11H2,(H,18,21)(H,19,20). The van der Waals surface area contributed by atoms with Gasteiger partial charge in [-0.25, -0.2) is 0 Å². The van der Waals surface area contributed by atoms with E-state index in [1.54, 1.807) is 30.0 Å². The largest absolute Gasteiger partial charge is 0.482 e. The fourth-order valence-electron chi connectivity index (χ4n) is 2.18. The molecule has 1 aliphatic rings. The fourth-order valence-corrected chi connectivity index (χ4v) is 2.97. The van der Waals surface area contributed by atoms with Gasteiger partial charge in [-0.3, -0.25) is 9.59 Å². The Labute approximate surface area is 138 Å². The molecule has 1 aliphatic heterocycles. The lowest BCUT2D eigenvalue weighted by Crippen LogP contribution is -2.28. The fraction of sp³-hybridized carbons (Fsp3) is 0.176. The van der Waals surface area contributed by atoms with E-state index in [0.29, 0.717) is 23.5 Å². The van der Waals surface area contributed by atoms with Gasteiger partial charge in [-0.15, -0.1) is 11.8 Å². The van der Waals surface area contributed by atoms with Crippen molar-refractivity contribution in [3.63, 3.8) is 0 Å². The van der Waals surface area contributed by atoms with Crippen LogP contribution in [0.4, 0.5) is 5.69 Å². The Hall–Kier alpha value is -2.47. The SMILES string of the molecule is O=C1COc2ccc(C(=O)NCCSc3ccccc3)cc2N1. The normalized spacial score (nSPS) is 12.8. The van der Waals surface area contributed by atoms with E-state index in [-0.39, 0.29) is 18.4 Å². The van der Waals surface area contributed by atoms with Gasteiger partial charge in [0.15, 0.2) is 6.61 Å². The van der Waals surface area contributed by atoms with E-state index in [0.717, 1.165) is 5.75 Å². The molecule has 2 amide bonds. The second kappa shape index (κ2) is 7.19. The second-order valence-corrected chi connectivity index (χ2v) is 6.13. The van der Waals surface area contributed by atoms with Crippen LogP contribution in [0.1, 0.15) is 10.4 Å². The summed E-state index contributed by atoms with van der Waals surface area (Å²) < 4.78 is 5.27. The minimum atomic E-state index is -0.214. The molecule has 118 valence electrons. The van der Waals surface area contributed by atoms with Crippen LogP contribution in [-0.4, -0.2) is 30.7 Å². The van der Waals surface area contributed by atoms with Crippen molar-refractivity contribution in [3.05, 3.63) is 54.1 Å². The number of hydrogen-bond acceptors (Lipinski definition) is 4. The van der Waals surface area contributed by atoms with Crippen molar-refractivity contribution >= 4 is 29.3 Å². The summed E-state index contributed by atoms with van der Waals surface area (Å²) in [4.78, 5) is 24.6. The van der Waals surface area contributed by atoms with E-state index in [1.807, 2.05) is 30.3 Å². The third kappa shape index (κ3) is 4.04. The van der Waals surface area contributed by atoms with Gasteiger partial charge in [-0.1, -0.05) is 18.2 Å². The van der Waals surface area contributed by atoms with Crippen LogP contribution >= 0.6 is 11.8 Å². The highest BCUT2D eigenvalue weighted by Gasteiger charge is 2.17. The Morgan fingerprint density at radius 3 is 2.87 bits per heavy atom. The van der Waals surface area contributed by atoms with E-state index < -0.39 is 0 Å². The molecule has 0 atom stereocenters. The van der Waals surface area contributed by atoms with Gasteiger partial charge in [-0.05, 0) is 30.3 Å². The van der Waals surface area contributed by atoms with Crippen molar-refractivity contribution in [2.24, 2.45) is 0 Å². The summed E-state index contributed by atoms with van der Waals surface area (Å²) in [6.45, 7) is 0.577. The molecule has 5 nitrogen and oxygen atoms in total. The highest BCUT2D eigenvalue weighted by Crippen LogP contribution is 2.28. The lowest BCUT2D eigenvalue weighted by Gasteiger charge is -2.18. The monoisotopic (exact) mass is 328 g/mol. The summed E-state index contributed by atoms with van der Waals surface area (Å²) in [6.07, 6.45) is 0. The number of ether oxygens (including phenoxy) is 1. The summed E-state index contributed by atoms with van der Waals surface area (Å²) in [6, 6.07) is 15.1. The Morgan fingerprint density at radius 1 is 1.22 bits per heavy atom. The van der Waals surface area contributed by atoms with Gasteiger partial charge >= 0.3 is 0 Å². The summed E-state index contributed by atoms with van der Waals surface area (Å²) >= 11 is 1.69. The summed E-state index contributed by atoms with van der Waals surface area (Å²) in [7, 11) is 0. The first-order valence-electron chi connectivity index (χ1n) is 7.25. The third-order valence-electron chi connectivity index (χ3n) is 3.27. The number of anilines is 1. The molecular weight excluding hydrogens is 312 g/mol. The van der Waals surface area contributed by atoms with Crippen LogP contribution in [0.25, 0.3) is 0 Å². The Bertz CT molecular complexity index is 719. The lowest BCUT2D eigenvalue weighted by atomic mass is 10.1. The predicted molar refractivity (Wildman–Crippen MR) is 90.1 cm³/mol. The van der Waals surface area contributed by atoms with Crippen LogP contribution in [-0.2, 0) is 4.79 Å². The number of carbonyl (C=O) groups is 2. The highest BCUT2D eigenvalue weighted by molar-refractivity contribution is 7.99. The van der Waals surface area contributed by atoms with Crippen molar-refractivity contribution in [3.8, 4) is 5.75 Å².